The van der Waals surface area contributed by atoms with Gasteiger partial charge in [-0.15, -0.1) is 0 Å². The molecule has 0 saturated carbocycles. The van der Waals surface area contributed by atoms with Crippen molar-refractivity contribution in [1.82, 2.24) is 10.2 Å². The van der Waals surface area contributed by atoms with Gasteiger partial charge in [-0.3, -0.25) is 10.1 Å². The first kappa shape index (κ1) is 11.9. The number of rotatable bonds is 1. The van der Waals surface area contributed by atoms with E-state index in [1.165, 1.54) is 0 Å². The topological polar surface area (TPSA) is 66.5 Å². The lowest BCUT2D eigenvalue weighted by Crippen LogP contribution is -2.46. The summed E-state index contributed by atoms with van der Waals surface area (Å²) < 4.78 is 22.6. The van der Waals surface area contributed by atoms with Crippen LogP contribution in [-0.2, 0) is 14.6 Å². The van der Waals surface area contributed by atoms with Crippen LogP contribution in [0.1, 0.15) is 26.7 Å². The number of hydrogen-bond acceptors (Lipinski definition) is 4. The van der Waals surface area contributed by atoms with Crippen molar-refractivity contribution in [3.05, 3.63) is 0 Å². The average molecular weight is 246 g/mol. The fourth-order valence-corrected chi connectivity index (χ4v) is 4.05. The van der Waals surface area contributed by atoms with Gasteiger partial charge >= 0.3 is 0 Å². The van der Waals surface area contributed by atoms with Crippen LogP contribution >= 0.6 is 0 Å². The molecule has 2 atom stereocenters. The van der Waals surface area contributed by atoms with Crippen LogP contribution < -0.4 is 5.32 Å². The van der Waals surface area contributed by atoms with Crippen LogP contribution in [0.3, 0.4) is 0 Å². The Morgan fingerprint density at radius 1 is 1.25 bits per heavy atom. The van der Waals surface area contributed by atoms with Crippen molar-refractivity contribution in [2.45, 2.75) is 44.9 Å². The molecule has 2 aliphatic rings. The molecule has 1 N–H and O–H groups in total. The SMILES string of the molecule is CC1NC(C)N(C2CCS(=O)(=O)CC2)C1=O. The molecule has 2 aliphatic heterocycles. The van der Waals surface area contributed by atoms with Gasteiger partial charge < -0.3 is 4.90 Å². The van der Waals surface area contributed by atoms with Crippen molar-refractivity contribution in [2.75, 3.05) is 11.5 Å². The number of amides is 1. The zero-order valence-electron chi connectivity index (χ0n) is 9.64. The second-order valence-corrected chi connectivity index (χ2v) is 7.00. The molecule has 2 unspecified atom stereocenters. The Balaban J connectivity index is 2.07. The van der Waals surface area contributed by atoms with Gasteiger partial charge in [0.1, 0.15) is 9.84 Å². The van der Waals surface area contributed by atoms with Gasteiger partial charge in [0.05, 0.1) is 23.7 Å². The van der Waals surface area contributed by atoms with Gasteiger partial charge in [0.2, 0.25) is 5.91 Å². The van der Waals surface area contributed by atoms with Crippen LogP contribution in [0.2, 0.25) is 0 Å². The maximum atomic E-state index is 11.9. The zero-order valence-corrected chi connectivity index (χ0v) is 10.5. The van der Waals surface area contributed by atoms with Gasteiger partial charge in [0.15, 0.2) is 0 Å². The molecule has 16 heavy (non-hydrogen) atoms. The van der Waals surface area contributed by atoms with E-state index in [1.807, 2.05) is 18.7 Å². The summed E-state index contributed by atoms with van der Waals surface area (Å²) in [6.45, 7) is 3.79. The Kier molecular flexibility index (Phi) is 2.96. The van der Waals surface area contributed by atoms with Crippen molar-refractivity contribution in [3.63, 3.8) is 0 Å². The van der Waals surface area contributed by atoms with Gasteiger partial charge in [-0.2, -0.15) is 0 Å². The summed E-state index contributed by atoms with van der Waals surface area (Å²) in [4.78, 5) is 13.7. The van der Waals surface area contributed by atoms with Crippen molar-refractivity contribution < 1.29 is 13.2 Å². The Hall–Kier alpha value is -0.620. The number of sulfone groups is 1. The Bertz CT molecular complexity index is 379. The number of nitrogens with one attached hydrogen (secondary N) is 1. The highest BCUT2D eigenvalue weighted by Gasteiger charge is 2.39. The van der Waals surface area contributed by atoms with Crippen molar-refractivity contribution in [2.24, 2.45) is 0 Å². The second kappa shape index (κ2) is 4.00. The Morgan fingerprint density at radius 3 is 2.25 bits per heavy atom. The summed E-state index contributed by atoms with van der Waals surface area (Å²) in [6.07, 6.45) is 1.17. The summed E-state index contributed by atoms with van der Waals surface area (Å²) in [6, 6.07) is -0.0583. The van der Waals surface area contributed by atoms with E-state index in [0.29, 0.717) is 12.8 Å². The van der Waals surface area contributed by atoms with Gasteiger partial charge in [-0.1, -0.05) is 0 Å². The molecule has 5 nitrogen and oxygen atoms in total. The van der Waals surface area contributed by atoms with Crippen LogP contribution in [0.5, 0.6) is 0 Å². The highest BCUT2D eigenvalue weighted by atomic mass is 32.2. The first-order valence-corrected chi connectivity index (χ1v) is 7.51. The predicted octanol–water partition coefficient (Wildman–Crippen LogP) is -0.270. The fourth-order valence-electron chi connectivity index (χ4n) is 2.58. The van der Waals surface area contributed by atoms with Crippen LogP contribution in [0.25, 0.3) is 0 Å². The van der Waals surface area contributed by atoms with Crippen LogP contribution in [0.15, 0.2) is 0 Å². The molecular formula is C10H18N2O3S. The summed E-state index contributed by atoms with van der Waals surface area (Å²) in [5.74, 6) is 0.516. The standard InChI is InChI=1S/C10H18N2O3S/c1-7-10(13)12(8(2)11-7)9-3-5-16(14,15)6-4-9/h7-9,11H,3-6H2,1-2H3. The third-order valence-corrected chi connectivity index (χ3v) is 5.17. The minimum absolute atomic E-state index is 0.0216. The molecular weight excluding hydrogens is 228 g/mol. The van der Waals surface area contributed by atoms with Gasteiger partial charge in [0.25, 0.3) is 0 Å². The minimum atomic E-state index is -2.85. The zero-order chi connectivity index (χ0) is 11.9. The van der Waals surface area contributed by atoms with Crippen LogP contribution in [-0.4, -0.2) is 49.0 Å². The third kappa shape index (κ3) is 2.08. The lowest BCUT2D eigenvalue weighted by Gasteiger charge is -2.33. The molecule has 92 valence electrons. The molecule has 0 aromatic heterocycles. The lowest BCUT2D eigenvalue weighted by atomic mass is 10.1. The van der Waals surface area contributed by atoms with E-state index < -0.39 is 9.84 Å². The summed E-state index contributed by atoms with van der Waals surface area (Å²) in [5.41, 5.74) is 0. The third-order valence-electron chi connectivity index (χ3n) is 3.45. The van der Waals surface area contributed by atoms with E-state index in [0.717, 1.165) is 0 Å². The maximum absolute atomic E-state index is 11.9. The van der Waals surface area contributed by atoms with E-state index in [-0.39, 0.29) is 35.7 Å². The maximum Gasteiger partial charge on any atom is 0.240 e. The molecule has 6 heteroatoms. The van der Waals surface area contributed by atoms with Crippen molar-refractivity contribution in [1.29, 1.82) is 0 Å². The summed E-state index contributed by atoms with van der Waals surface area (Å²) >= 11 is 0. The highest BCUT2D eigenvalue weighted by Crippen LogP contribution is 2.23. The smallest absolute Gasteiger partial charge is 0.240 e. The minimum Gasteiger partial charge on any atom is -0.323 e. The largest absolute Gasteiger partial charge is 0.323 e. The first-order chi connectivity index (χ1) is 7.41. The molecule has 0 aromatic carbocycles. The number of carbonyl (C=O) groups is 1. The number of carbonyl (C=O) groups excluding carboxylic acids is 1. The average Bonchev–Trinajstić information content (AvgIpc) is 2.43. The van der Waals surface area contributed by atoms with Gasteiger partial charge in [-0.25, -0.2) is 8.42 Å². The van der Waals surface area contributed by atoms with Crippen molar-refractivity contribution in [3.8, 4) is 0 Å². The molecule has 0 radical (unpaired) electrons. The molecule has 0 aliphatic carbocycles. The van der Waals surface area contributed by atoms with Crippen LogP contribution in [0, 0.1) is 0 Å². The molecule has 0 spiro atoms. The van der Waals surface area contributed by atoms with E-state index >= 15 is 0 Å². The summed E-state index contributed by atoms with van der Waals surface area (Å²) in [7, 11) is -2.85. The number of nitrogens with zero attached hydrogens (tertiary/aromatic N) is 1. The van der Waals surface area contributed by atoms with Crippen LogP contribution in [0.4, 0.5) is 0 Å². The van der Waals surface area contributed by atoms with E-state index in [9.17, 15) is 13.2 Å². The number of hydrogen-bond donors (Lipinski definition) is 1. The first-order valence-electron chi connectivity index (χ1n) is 5.69. The molecule has 0 aromatic rings. The quantitative estimate of drug-likeness (QED) is 0.691. The Morgan fingerprint density at radius 2 is 1.81 bits per heavy atom. The van der Waals surface area contributed by atoms with E-state index in [1.54, 1.807) is 0 Å². The summed E-state index contributed by atoms with van der Waals surface area (Å²) in [5, 5.41) is 3.16. The normalized spacial score (nSPS) is 35.6. The molecule has 2 saturated heterocycles. The fraction of sp³-hybridized carbons (Fsp3) is 0.900. The predicted molar refractivity (Wildman–Crippen MR) is 60.6 cm³/mol. The van der Waals surface area contributed by atoms with E-state index in [4.69, 9.17) is 0 Å². The van der Waals surface area contributed by atoms with Crippen molar-refractivity contribution >= 4 is 15.7 Å². The van der Waals surface area contributed by atoms with E-state index in [2.05, 4.69) is 5.32 Å². The molecule has 2 rings (SSSR count). The Labute approximate surface area is 96.1 Å². The van der Waals surface area contributed by atoms with Gasteiger partial charge in [0, 0.05) is 6.04 Å². The molecule has 2 heterocycles. The molecule has 2 fully saturated rings. The second-order valence-electron chi connectivity index (χ2n) is 4.69. The monoisotopic (exact) mass is 246 g/mol. The highest BCUT2D eigenvalue weighted by molar-refractivity contribution is 7.91. The lowest BCUT2D eigenvalue weighted by molar-refractivity contribution is -0.131. The molecule has 0 bridgehead atoms. The molecule has 1 amide bonds. The van der Waals surface area contributed by atoms with Gasteiger partial charge in [-0.05, 0) is 26.7 Å².